The van der Waals surface area contributed by atoms with E-state index in [0.717, 1.165) is 23.2 Å². The summed E-state index contributed by atoms with van der Waals surface area (Å²) in [5, 5.41) is 5.81. The average molecular weight is 475 g/mol. The number of nitrogens with one attached hydrogen (secondary N) is 1. The van der Waals surface area contributed by atoms with Gasteiger partial charge in [0.25, 0.3) is 0 Å². The summed E-state index contributed by atoms with van der Waals surface area (Å²) < 4.78 is 6.30. The van der Waals surface area contributed by atoms with Crippen molar-refractivity contribution in [2.75, 3.05) is 0 Å². The topological polar surface area (TPSA) is 24.4 Å². The van der Waals surface area contributed by atoms with Crippen LogP contribution in [0.25, 0.3) is 0 Å². The van der Waals surface area contributed by atoms with E-state index in [-0.39, 0.29) is 0 Å². The van der Waals surface area contributed by atoms with Gasteiger partial charge in [-0.25, -0.2) is 0 Å². The van der Waals surface area contributed by atoms with Gasteiger partial charge in [0, 0.05) is 7.05 Å². The summed E-state index contributed by atoms with van der Waals surface area (Å²) in [5.41, 5.74) is 1.73. The zero-order valence-electron chi connectivity index (χ0n) is 21.8. The van der Waals surface area contributed by atoms with Gasteiger partial charge in [-0.05, 0) is 73.1 Å². The second-order valence-electron chi connectivity index (χ2n) is 12.7. The van der Waals surface area contributed by atoms with Crippen molar-refractivity contribution in [2.24, 2.45) is 16.6 Å². The third-order valence-electron chi connectivity index (χ3n) is 9.25. The minimum atomic E-state index is -1.56. The largest absolute Gasteiger partial charge is 0.380 e. The van der Waals surface area contributed by atoms with Crippen molar-refractivity contribution in [3.05, 3.63) is 23.5 Å². The highest BCUT2D eigenvalue weighted by Crippen LogP contribution is 2.69. The van der Waals surface area contributed by atoms with Crippen molar-refractivity contribution in [2.45, 2.75) is 140 Å². The molecule has 1 N–H and O–H groups in total. The van der Waals surface area contributed by atoms with Crippen LogP contribution in [0.3, 0.4) is 0 Å². The fourth-order valence-corrected chi connectivity index (χ4v) is 14.7. The average Bonchev–Trinajstić information content (AvgIpc) is 2.80. The SMILES string of the molecule is CC1CCCC(C)C1N=P(C1CCCCC1)(C1CCCCC1)C1C=CC=C([Si](C)(C)C)N1. The Morgan fingerprint density at radius 3 is 1.81 bits per heavy atom. The van der Waals surface area contributed by atoms with Crippen LogP contribution in [0.1, 0.15) is 97.3 Å². The van der Waals surface area contributed by atoms with Gasteiger partial charge in [-0.15, -0.1) is 0 Å². The first-order valence-electron chi connectivity index (χ1n) is 14.1. The van der Waals surface area contributed by atoms with Gasteiger partial charge in [-0.1, -0.05) is 90.6 Å². The summed E-state index contributed by atoms with van der Waals surface area (Å²) in [7, 11) is -2.94. The Morgan fingerprint density at radius 1 is 0.781 bits per heavy atom. The monoisotopic (exact) mass is 474 g/mol. The van der Waals surface area contributed by atoms with Crippen molar-refractivity contribution in [3.63, 3.8) is 0 Å². The Balaban J connectivity index is 1.83. The first-order valence-corrected chi connectivity index (χ1v) is 19.5. The summed E-state index contributed by atoms with van der Waals surface area (Å²) in [4.78, 5) is 0. The minimum absolute atomic E-state index is 0.502. The van der Waals surface area contributed by atoms with Gasteiger partial charge in [0.15, 0.2) is 0 Å². The first kappa shape index (κ1) is 24.8. The molecule has 32 heavy (non-hydrogen) atoms. The Bertz CT molecular complexity index is 705. The lowest BCUT2D eigenvalue weighted by atomic mass is 9.79. The molecule has 3 saturated carbocycles. The zero-order valence-corrected chi connectivity index (χ0v) is 23.7. The molecule has 2 nitrogen and oxygen atoms in total. The third kappa shape index (κ3) is 5.19. The molecule has 0 spiro atoms. The Morgan fingerprint density at radius 2 is 1.31 bits per heavy atom. The zero-order chi connectivity index (χ0) is 22.8. The smallest absolute Gasteiger partial charge is 0.0977 e. The van der Waals surface area contributed by atoms with E-state index in [4.69, 9.17) is 4.74 Å². The van der Waals surface area contributed by atoms with Crippen LogP contribution in [0.4, 0.5) is 0 Å². The Hall–Kier alpha value is -0.273. The number of allylic oxidation sites excluding steroid dienone is 2. The molecular weight excluding hydrogens is 423 g/mol. The molecule has 0 radical (unpaired) electrons. The van der Waals surface area contributed by atoms with Gasteiger partial charge in [0.1, 0.15) is 0 Å². The second kappa shape index (κ2) is 10.6. The fourth-order valence-electron chi connectivity index (χ4n) is 7.35. The van der Waals surface area contributed by atoms with Crippen molar-refractivity contribution in [1.82, 2.24) is 5.32 Å². The number of hydrogen-bond acceptors (Lipinski definition) is 2. The molecule has 4 rings (SSSR count). The second-order valence-corrected chi connectivity index (χ2v) is 21.5. The lowest BCUT2D eigenvalue weighted by molar-refractivity contribution is 0.253. The molecule has 4 aliphatic rings. The summed E-state index contributed by atoms with van der Waals surface area (Å²) in [6.07, 6.45) is 26.1. The lowest BCUT2D eigenvalue weighted by Gasteiger charge is -2.50. The number of dihydropyridines is 1. The summed E-state index contributed by atoms with van der Waals surface area (Å²) in [6, 6.07) is 0.595. The third-order valence-corrected chi connectivity index (χ3v) is 16.4. The lowest BCUT2D eigenvalue weighted by Crippen LogP contribution is -2.44. The molecule has 4 heteroatoms. The highest BCUT2D eigenvalue weighted by molar-refractivity contribution is 7.68. The molecule has 0 aromatic heterocycles. The van der Waals surface area contributed by atoms with Crippen LogP contribution >= 0.6 is 7.05 Å². The van der Waals surface area contributed by atoms with Crippen LogP contribution in [0, 0.1) is 11.8 Å². The van der Waals surface area contributed by atoms with Crippen molar-refractivity contribution in [3.8, 4) is 0 Å². The van der Waals surface area contributed by atoms with Gasteiger partial charge < -0.3 is 5.32 Å². The van der Waals surface area contributed by atoms with Gasteiger partial charge in [0.2, 0.25) is 0 Å². The normalized spacial score (nSPS) is 33.5. The highest BCUT2D eigenvalue weighted by atomic mass is 31.2. The molecule has 3 unspecified atom stereocenters. The van der Waals surface area contributed by atoms with E-state index in [1.54, 1.807) is 5.32 Å². The Labute approximate surface area is 200 Å². The molecule has 3 fully saturated rings. The molecular formula is C28H51N2PSi. The van der Waals surface area contributed by atoms with Crippen LogP contribution in [-0.4, -0.2) is 31.2 Å². The molecule has 0 aromatic carbocycles. The molecule has 0 bridgehead atoms. The molecule has 1 heterocycles. The highest BCUT2D eigenvalue weighted by Gasteiger charge is 2.46. The molecule has 0 saturated heterocycles. The Kier molecular flexibility index (Phi) is 8.19. The van der Waals surface area contributed by atoms with Gasteiger partial charge in [-0.3, -0.25) is 4.74 Å². The van der Waals surface area contributed by atoms with E-state index in [0.29, 0.717) is 11.8 Å². The van der Waals surface area contributed by atoms with Gasteiger partial charge >= 0.3 is 0 Å². The molecule has 1 aliphatic heterocycles. The first-order chi connectivity index (χ1) is 15.3. The molecule has 0 amide bonds. The molecule has 3 aliphatic carbocycles. The number of hydrogen-bond donors (Lipinski definition) is 1. The van der Waals surface area contributed by atoms with Crippen LogP contribution in [0.5, 0.6) is 0 Å². The van der Waals surface area contributed by atoms with Crippen LogP contribution in [0.2, 0.25) is 19.6 Å². The van der Waals surface area contributed by atoms with E-state index in [1.165, 1.54) is 83.5 Å². The quantitative estimate of drug-likeness (QED) is 0.312. The van der Waals surface area contributed by atoms with Crippen LogP contribution in [0.15, 0.2) is 28.3 Å². The van der Waals surface area contributed by atoms with E-state index in [1.807, 2.05) is 0 Å². The maximum Gasteiger partial charge on any atom is 0.0977 e. The van der Waals surface area contributed by atoms with E-state index in [9.17, 15) is 0 Å². The van der Waals surface area contributed by atoms with Crippen LogP contribution in [-0.2, 0) is 0 Å². The number of nitrogens with zero attached hydrogens (tertiary/aromatic N) is 1. The van der Waals surface area contributed by atoms with Crippen molar-refractivity contribution in [1.29, 1.82) is 0 Å². The summed E-state index contributed by atoms with van der Waals surface area (Å²) in [5.74, 6) is 2.04. The van der Waals surface area contributed by atoms with Gasteiger partial charge in [-0.2, -0.15) is 0 Å². The summed E-state index contributed by atoms with van der Waals surface area (Å²) in [6.45, 7) is 12.6. The molecule has 3 atom stereocenters. The number of rotatable bonds is 5. The fraction of sp³-hybridized carbons (Fsp3) is 0.857. The molecule has 0 aromatic rings. The summed E-state index contributed by atoms with van der Waals surface area (Å²) >= 11 is 0. The minimum Gasteiger partial charge on any atom is -0.380 e. The van der Waals surface area contributed by atoms with Crippen molar-refractivity contribution < 1.29 is 0 Å². The van der Waals surface area contributed by atoms with Gasteiger partial charge in [0.05, 0.1) is 19.9 Å². The van der Waals surface area contributed by atoms with E-state index < -0.39 is 15.1 Å². The van der Waals surface area contributed by atoms with Crippen molar-refractivity contribution >= 4 is 15.1 Å². The van der Waals surface area contributed by atoms with Crippen LogP contribution < -0.4 is 5.32 Å². The van der Waals surface area contributed by atoms with E-state index in [2.05, 4.69) is 57.0 Å². The standard InChI is InChI=1S/C28H51N2PSi/c1-22-14-12-15-23(2)28(22)30-31(24-16-8-6-9-17-24,25-18-10-7-11-19-25)26-20-13-21-27(29-26)32(3,4)5/h13,20-26,28-29H,6-12,14-19H2,1-5H3. The predicted octanol–water partition coefficient (Wildman–Crippen LogP) is 8.92. The molecule has 182 valence electrons. The maximum atomic E-state index is 6.30. The predicted molar refractivity (Wildman–Crippen MR) is 147 cm³/mol. The maximum absolute atomic E-state index is 6.30. The van der Waals surface area contributed by atoms with E-state index >= 15 is 0 Å².